The van der Waals surface area contributed by atoms with Gasteiger partial charge in [0.1, 0.15) is 11.5 Å². The van der Waals surface area contributed by atoms with Gasteiger partial charge in [-0.15, -0.1) is 0 Å². The van der Waals surface area contributed by atoms with Crippen LogP contribution in [0.5, 0.6) is 11.5 Å². The highest BCUT2D eigenvalue weighted by atomic mass is 32.1. The number of carbonyl (C=O) groups excluding carboxylic acids is 1. The lowest BCUT2D eigenvalue weighted by Gasteiger charge is -2.04. The van der Waals surface area contributed by atoms with Crippen molar-refractivity contribution in [1.29, 1.82) is 0 Å². The van der Waals surface area contributed by atoms with Crippen molar-refractivity contribution in [2.45, 2.75) is 0 Å². The summed E-state index contributed by atoms with van der Waals surface area (Å²) in [6.07, 6.45) is 0. The minimum atomic E-state index is -0.539. The number of benzene rings is 3. The van der Waals surface area contributed by atoms with E-state index in [0.29, 0.717) is 10.9 Å². The molecule has 0 saturated heterocycles. The Morgan fingerprint density at radius 3 is 2.61 bits per heavy atom. The molecule has 0 spiro atoms. The number of nitro benzene ring substituents is 1. The zero-order valence-corrected chi connectivity index (χ0v) is 15.2. The summed E-state index contributed by atoms with van der Waals surface area (Å²) in [6, 6.07) is 20.4. The van der Waals surface area contributed by atoms with E-state index >= 15 is 0 Å². The molecule has 4 aromatic rings. The van der Waals surface area contributed by atoms with E-state index in [0.717, 1.165) is 16.0 Å². The van der Waals surface area contributed by atoms with Gasteiger partial charge >= 0.3 is 0 Å². The maximum atomic E-state index is 12.4. The fourth-order valence-corrected chi connectivity index (χ4v) is 3.47. The van der Waals surface area contributed by atoms with E-state index < -0.39 is 10.8 Å². The lowest BCUT2D eigenvalue weighted by atomic mass is 10.2. The first-order valence-corrected chi connectivity index (χ1v) is 9.09. The van der Waals surface area contributed by atoms with Crippen LogP contribution in [0.25, 0.3) is 10.2 Å². The zero-order chi connectivity index (χ0) is 19.5. The van der Waals surface area contributed by atoms with Crippen molar-refractivity contribution in [3.63, 3.8) is 0 Å². The van der Waals surface area contributed by atoms with Gasteiger partial charge in [-0.05, 0) is 30.3 Å². The van der Waals surface area contributed by atoms with E-state index in [1.54, 1.807) is 6.07 Å². The van der Waals surface area contributed by atoms with Gasteiger partial charge in [0, 0.05) is 23.8 Å². The molecule has 1 aromatic heterocycles. The number of rotatable bonds is 5. The lowest BCUT2D eigenvalue weighted by Crippen LogP contribution is -2.11. The van der Waals surface area contributed by atoms with Crippen LogP contribution in [0, 0.1) is 10.1 Å². The van der Waals surface area contributed by atoms with Crippen LogP contribution in [0.3, 0.4) is 0 Å². The van der Waals surface area contributed by atoms with Crippen molar-refractivity contribution < 1.29 is 14.5 Å². The summed E-state index contributed by atoms with van der Waals surface area (Å²) in [5.41, 5.74) is 0.779. The fourth-order valence-electron chi connectivity index (χ4n) is 2.58. The SMILES string of the molecule is O=C(Nc1nc2ccc(Oc3ccccc3)cc2s1)c1cccc([N+](=O)[O-])c1. The number of carbonyl (C=O) groups is 1. The summed E-state index contributed by atoms with van der Waals surface area (Å²) in [5.74, 6) is 0.938. The normalized spacial score (nSPS) is 10.6. The zero-order valence-electron chi connectivity index (χ0n) is 14.4. The molecule has 1 heterocycles. The summed E-state index contributed by atoms with van der Waals surface area (Å²) >= 11 is 1.30. The van der Waals surface area contributed by atoms with Gasteiger partial charge in [0.25, 0.3) is 11.6 Å². The van der Waals surface area contributed by atoms with Gasteiger partial charge in [-0.1, -0.05) is 35.6 Å². The van der Waals surface area contributed by atoms with E-state index in [1.165, 1.54) is 35.6 Å². The van der Waals surface area contributed by atoms with Gasteiger partial charge < -0.3 is 4.74 Å². The monoisotopic (exact) mass is 391 g/mol. The van der Waals surface area contributed by atoms with Gasteiger partial charge in [0.05, 0.1) is 15.1 Å². The molecular weight excluding hydrogens is 378 g/mol. The Kier molecular flexibility index (Phi) is 4.69. The van der Waals surface area contributed by atoms with Crippen molar-refractivity contribution in [2.75, 3.05) is 5.32 Å². The lowest BCUT2D eigenvalue weighted by molar-refractivity contribution is -0.384. The topological polar surface area (TPSA) is 94.4 Å². The number of para-hydroxylation sites is 1. The quantitative estimate of drug-likeness (QED) is 0.370. The van der Waals surface area contributed by atoms with Gasteiger partial charge in [-0.2, -0.15) is 0 Å². The van der Waals surface area contributed by atoms with Crippen LogP contribution < -0.4 is 10.1 Å². The molecule has 0 aliphatic carbocycles. The summed E-state index contributed by atoms with van der Waals surface area (Å²) in [6.45, 7) is 0. The van der Waals surface area contributed by atoms with Crippen molar-refractivity contribution in [1.82, 2.24) is 4.98 Å². The molecule has 0 saturated carbocycles. The van der Waals surface area contributed by atoms with Gasteiger partial charge in [0.2, 0.25) is 0 Å². The highest BCUT2D eigenvalue weighted by molar-refractivity contribution is 7.22. The van der Waals surface area contributed by atoms with E-state index in [2.05, 4.69) is 10.3 Å². The van der Waals surface area contributed by atoms with Crippen LogP contribution in [-0.4, -0.2) is 15.8 Å². The molecule has 1 amide bonds. The average Bonchev–Trinajstić information content (AvgIpc) is 3.10. The molecule has 4 rings (SSSR count). The first kappa shape index (κ1) is 17.6. The first-order valence-electron chi connectivity index (χ1n) is 8.28. The number of nitro groups is 1. The van der Waals surface area contributed by atoms with Crippen molar-refractivity contribution >= 4 is 38.3 Å². The van der Waals surface area contributed by atoms with Crippen LogP contribution in [0.4, 0.5) is 10.8 Å². The number of thiazole rings is 1. The maximum absolute atomic E-state index is 12.4. The van der Waals surface area contributed by atoms with Gasteiger partial charge in [-0.25, -0.2) is 4.98 Å². The molecule has 3 aromatic carbocycles. The van der Waals surface area contributed by atoms with Crippen molar-refractivity contribution in [3.8, 4) is 11.5 Å². The molecule has 0 atom stereocenters. The number of anilines is 1. The van der Waals surface area contributed by atoms with Crippen LogP contribution in [-0.2, 0) is 0 Å². The second-order valence-electron chi connectivity index (χ2n) is 5.83. The Bertz CT molecular complexity index is 1170. The molecule has 8 heteroatoms. The van der Waals surface area contributed by atoms with E-state index in [9.17, 15) is 14.9 Å². The summed E-state index contributed by atoms with van der Waals surface area (Å²) in [7, 11) is 0. The fraction of sp³-hybridized carbons (Fsp3) is 0. The average molecular weight is 391 g/mol. The largest absolute Gasteiger partial charge is 0.457 e. The molecule has 138 valence electrons. The molecular formula is C20H13N3O4S. The summed E-state index contributed by atoms with van der Waals surface area (Å²) < 4.78 is 6.66. The number of nitrogens with zero attached hydrogens (tertiary/aromatic N) is 2. The number of ether oxygens (including phenoxy) is 1. The number of aromatic nitrogens is 1. The van der Waals surface area contributed by atoms with Gasteiger partial charge in [0.15, 0.2) is 5.13 Å². The first-order chi connectivity index (χ1) is 13.6. The molecule has 0 aliphatic heterocycles. The molecule has 0 bridgehead atoms. The van der Waals surface area contributed by atoms with E-state index in [4.69, 9.17) is 4.74 Å². The molecule has 0 aliphatic rings. The minimum Gasteiger partial charge on any atom is -0.457 e. The van der Waals surface area contributed by atoms with Crippen molar-refractivity contribution in [3.05, 3.63) is 88.5 Å². The smallest absolute Gasteiger partial charge is 0.270 e. The number of non-ortho nitro benzene ring substituents is 1. The van der Waals surface area contributed by atoms with Crippen LogP contribution in [0.15, 0.2) is 72.8 Å². The molecule has 28 heavy (non-hydrogen) atoms. The molecule has 7 nitrogen and oxygen atoms in total. The van der Waals surface area contributed by atoms with Gasteiger partial charge in [-0.3, -0.25) is 20.2 Å². The second-order valence-corrected chi connectivity index (χ2v) is 6.86. The highest BCUT2D eigenvalue weighted by Gasteiger charge is 2.14. The Labute approximate surface area is 163 Å². The highest BCUT2D eigenvalue weighted by Crippen LogP contribution is 2.31. The number of hydrogen-bond donors (Lipinski definition) is 1. The molecule has 0 unspecified atom stereocenters. The Hall–Kier alpha value is -3.78. The van der Waals surface area contributed by atoms with Crippen LogP contribution >= 0.6 is 11.3 Å². The third-order valence-corrected chi connectivity index (χ3v) is 4.81. The third kappa shape index (κ3) is 3.81. The van der Waals surface area contributed by atoms with E-state index in [1.807, 2.05) is 42.5 Å². The van der Waals surface area contributed by atoms with Crippen LogP contribution in [0.1, 0.15) is 10.4 Å². The van der Waals surface area contributed by atoms with E-state index in [-0.39, 0.29) is 11.3 Å². The molecule has 0 radical (unpaired) electrons. The number of hydrogen-bond acceptors (Lipinski definition) is 6. The standard InChI is InChI=1S/C20H13N3O4S/c24-19(13-5-4-6-14(11-13)23(25)26)22-20-21-17-10-9-16(12-18(17)28-20)27-15-7-2-1-3-8-15/h1-12H,(H,21,22,24). The number of nitrogens with one attached hydrogen (secondary N) is 1. The predicted molar refractivity (Wildman–Crippen MR) is 107 cm³/mol. The number of amides is 1. The molecule has 0 fully saturated rings. The Morgan fingerprint density at radius 2 is 1.82 bits per heavy atom. The van der Waals surface area contributed by atoms with Crippen molar-refractivity contribution in [2.24, 2.45) is 0 Å². The third-order valence-electron chi connectivity index (χ3n) is 3.88. The Balaban J connectivity index is 1.54. The Morgan fingerprint density at radius 1 is 1.00 bits per heavy atom. The summed E-state index contributed by atoms with van der Waals surface area (Å²) in [5, 5.41) is 14.0. The number of fused-ring (bicyclic) bond motifs is 1. The van der Waals surface area contributed by atoms with Crippen LogP contribution in [0.2, 0.25) is 0 Å². The maximum Gasteiger partial charge on any atom is 0.270 e. The summed E-state index contributed by atoms with van der Waals surface area (Å²) in [4.78, 5) is 27.1. The predicted octanol–water partition coefficient (Wildman–Crippen LogP) is 5.25. The second kappa shape index (κ2) is 7.45. The minimum absolute atomic E-state index is 0.139. The molecule has 1 N–H and O–H groups in total.